The Balaban J connectivity index is 1.89. The smallest absolute Gasteiger partial charge is 0.229 e. The zero-order valence-corrected chi connectivity index (χ0v) is 14.2. The minimum Gasteiger partial charge on any atom is -0.385 e. The monoisotopic (exact) mass is 342 g/mol. The van der Waals surface area contributed by atoms with Crippen molar-refractivity contribution in [2.45, 2.75) is 6.42 Å². The number of ether oxygens (including phenoxy) is 1. The first kappa shape index (κ1) is 16.5. The van der Waals surface area contributed by atoms with Crippen LogP contribution in [0.2, 0.25) is 5.02 Å². The predicted molar refractivity (Wildman–Crippen MR) is 99.3 cm³/mol. The molecule has 0 atom stereocenters. The molecular formula is C18H19ClN4O. The minimum absolute atomic E-state index is 0.510. The van der Waals surface area contributed by atoms with E-state index < -0.39 is 0 Å². The number of benzene rings is 2. The first-order valence-electron chi connectivity index (χ1n) is 7.79. The van der Waals surface area contributed by atoms with Gasteiger partial charge in [0.2, 0.25) is 5.95 Å². The van der Waals surface area contributed by atoms with E-state index in [1.807, 2.05) is 48.5 Å². The number of halogens is 1. The van der Waals surface area contributed by atoms with E-state index in [9.17, 15) is 0 Å². The zero-order valence-electron chi connectivity index (χ0n) is 13.4. The van der Waals surface area contributed by atoms with E-state index >= 15 is 0 Å². The van der Waals surface area contributed by atoms with Gasteiger partial charge < -0.3 is 15.4 Å². The lowest BCUT2D eigenvalue weighted by atomic mass is 10.2. The van der Waals surface area contributed by atoms with Gasteiger partial charge in [-0.25, -0.2) is 4.98 Å². The molecule has 0 unspecified atom stereocenters. The third kappa shape index (κ3) is 3.93. The van der Waals surface area contributed by atoms with Crippen molar-refractivity contribution in [3.63, 3.8) is 0 Å². The van der Waals surface area contributed by atoms with E-state index in [-0.39, 0.29) is 0 Å². The largest absolute Gasteiger partial charge is 0.385 e. The van der Waals surface area contributed by atoms with E-state index in [4.69, 9.17) is 16.3 Å². The molecule has 0 fully saturated rings. The third-order valence-corrected chi connectivity index (χ3v) is 3.87. The number of aromatic nitrogens is 2. The molecule has 5 nitrogen and oxygen atoms in total. The molecule has 3 rings (SSSR count). The fourth-order valence-corrected chi connectivity index (χ4v) is 2.56. The second kappa shape index (κ2) is 7.95. The Morgan fingerprint density at radius 3 is 2.67 bits per heavy atom. The molecule has 2 aromatic carbocycles. The van der Waals surface area contributed by atoms with Crippen molar-refractivity contribution < 1.29 is 4.74 Å². The standard InChI is InChI=1S/C18H19ClN4O/c1-24-12-6-11-20-17-13-7-2-4-9-15(13)21-18(23-17)22-16-10-5-3-8-14(16)19/h2-5,7-10H,6,11-12H2,1H3,(H2,20,21,22,23). The summed E-state index contributed by atoms with van der Waals surface area (Å²) in [4.78, 5) is 9.17. The van der Waals surface area contributed by atoms with Gasteiger partial charge in [0.15, 0.2) is 0 Å². The molecule has 0 bridgehead atoms. The van der Waals surface area contributed by atoms with Crippen molar-refractivity contribution >= 4 is 40.0 Å². The number of fused-ring (bicyclic) bond motifs is 1. The summed E-state index contributed by atoms with van der Waals surface area (Å²) in [7, 11) is 1.70. The fraction of sp³-hybridized carbons (Fsp3) is 0.222. The molecule has 0 spiro atoms. The maximum atomic E-state index is 6.20. The summed E-state index contributed by atoms with van der Waals surface area (Å²) >= 11 is 6.20. The molecule has 0 aliphatic rings. The van der Waals surface area contributed by atoms with Crippen LogP contribution < -0.4 is 10.6 Å². The van der Waals surface area contributed by atoms with Gasteiger partial charge in [-0.1, -0.05) is 35.9 Å². The van der Waals surface area contributed by atoms with Gasteiger partial charge in [-0.2, -0.15) is 4.98 Å². The molecule has 0 saturated heterocycles. The first-order chi connectivity index (χ1) is 11.8. The van der Waals surface area contributed by atoms with Gasteiger partial charge in [0.1, 0.15) is 5.82 Å². The Hall–Kier alpha value is -2.37. The average molecular weight is 343 g/mol. The molecule has 124 valence electrons. The summed E-state index contributed by atoms with van der Waals surface area (Å²) in [5, 5.41) is 8.16. The quantitative estimate of drug-likeness (QED) is 0.620. The van der Waals surface area contributed by atoms with Gasteiger partial charge in [0.25, 0.3) is 0 Å². The Kier molecular flexibility index (Phi) is 5.46. The number of methoxy groups -OCH3 is 1. The van der Waals surface area contributed by atoms with Crippen molar-refractivity contribution in [1.29, 1.82) is 0 Å². The van der Waals surface area contributed by atoms with Crippen LogP contribution in [0.25, 0.3) is 10.9 Å². The molecule has 6 heteroatoms. The van der Waals surface area contributed by atoms with Crippen LogP contribution in [0.5, 0.6) is 0 Å². The van der Waals surface area contributed by atoms with E-state index in [1.54, 1.807) is 7.11 Å². The number of rotatable bonds is 7. The first-order valence-corrected chi connectivity index (χ1v) is 8.17. The van der Waals surface area contributed by atoms with Crippen LogP contribution in [0.4, 0.5) is 17.5 Å². The fourth-order valence-electron chi connectivity index (χ4n) is 2.37. The van der Waals surface area contributed by atoms with E-state index in [0.717, 1.165) is 35.4 Å². The highest BCUT2D eigenvalue weighted by atomic mass is 35.5. The summed E-state index contributed by atoms with van der Waals surface area (Å²) in [5.41, 5.74) is 1.65. The second-order valence-corrected chi connectivity index (χ2v) is 5.70. The minimum atomic E-state index is 0.510. The van der Waals surface area contributed by atoms with Crippen molar-refractivity contribution in [2.24, 2.45) is 0 Å². The summed E-state index contributed by atoms with van der Waals surface area (Å²) in [6, 6.07) is 15.4. The Morgan fingerprint density at radius 2 is 1.83 bits per heavy atom. The Morgan fingerprint density at radius 1 is 1.04 bits per heavy atom. The average Bonchev–Trinajstić information content (AvgIpc) is 2.60. The molecule has 24 heavy (non-hydrogen) atoms. The second-order valence-electron chi connectivity index (χ2n) is 5.29. The molecule has 0 amide bonds. The summed E-state index contributed by atoms with van der Waals surface area (Å²) in [6.45, 7) is 1.49. The lowest BCUT2D eigenvalue weighted by Gasteiger charge is -2.12. The van der Waals surface area contributed by atoms with E-state index in [2.05, 4.69) is 20.6 Å². The van der Waals surface area contributed by atoms with Crippen LogP contribution in [0, 0.1) is 0 Å². The highest BCUT2D eigenvalue weighted by Crippen LogP contribution is 2.26. The van der Waals surface area contributed by atoms with Crippen molar-refractivity contribution in [1.82, 2.24) is 9.97 Å². The van der Waals surface area contributed by atoms with Gasteiger partial charge in [0.05, 0.1) is 16.2 Å². The van der Waals surface area contributed by atoms with Crippen LogP contribution in [0.3, 0.4) is 0 Å². The van der Waals surface area contributed by atoms with Crippen molar-refractivity contribution in [3.05, 3.63) is 53.6 Å². The lowest BCUT2D eigenvalue weighted by molar-refractivity contribution is 0.198. The van der Waals surface area contributed by atoms with Gasteiger partial charge in [-0.05, 0) is 30.7 Å². The highest BCUT2D eigenvalue weighted by Gasteiger charge is 2.08. The Labute approximate surface area is 146 Å². The number of hydrogen-bond acceptors (Lipinski definition) is 5. The van der Waals surface area contributed by atoms with Gasteiger partial charge in [0, 0.05) is 25.6 Å². The summed E-state index contributed by atoms with van der Waals surface area (Å²) in [5.74, 6) is 1.31. The molecule has 2 N–H and O–H groups in total. The summed E-state index contributed by atoms with van der Waals surface area (Å²) in [6.07, 6.45) is 0.905. The zero-order chi connectivity index (χ0) is 16.8. The molecule has 0 radical (unpaired) electrons. The number of anilines is 3. The van der Waals surface area contributed by atoms with Gasteiger partial charge >= 0.3 is 0 Å². The summed E-state index contributed by atoms with van der Waals surface area (Å²) < 4.78 is 5.08. The SMILES string of the molecule is COCCCNc1nc(Nc2ccccc2Cl)nc2ccccc12. The lowest BCUT2D eigenvalue weighted by Crippen LogP contribution is -2.08. The predicted octanol–water partition coefficient (Wildman–Crippen LogP) is 4.48. The van der Waals surface area contributed by atoms with Crippen LogP contribution >= 0.6 is 11.6 Å². The highest BCUT2D eigenvalue weighted by molar-refractivity contribution is 6.33. The normalized spacial score (nSPS) is 10.8. The number of hydrogen-bond donors (Lipinski definition) is 2. The van der Waals surface area contributed by atoms with Gasteiger partial charge in [-0.15, -0.1) is 0 Å². The molecule has 3 aromatic rings. The van der Waals surface area contributed by atoms with Crippen LogP contribution in [0.15, 0.2) is 48.5 Å². The maximum absolute atomic E-state index is 6.20. The van der Waals surface area contributed by atoms with E-state index in [1.165, 1.54) is 0 Å². The molecule has 0 aliphatic heterocycles. The molecule has 1 aromatic heterocycles. The molecule has 1 heterocycles. The molecule has 0 saturated carbocycles. The number of nitrogens with zero attached hydrogens (tertiary/aromatic N) is 2. The number of nitrogens with one attached hydrogen (secondary N) is 2. The van der Waals surface area contributed by atoms with Crippen LogP contribution in [-0.2, 0) is 4.74 Å². The van der Waals surface area contributed by atoms with Crippen molar-refractivity contribution in [2.75, 3.05) is 30.9 Å². The number of para-hydroxylation sites is 2. The topological polar surface area (TPSA) is 59.1 Å². The van der Waals surface area contributed by atoms with Crippen molar-refractivity contribution in [3.8, 4) is 0 Å². The molecular weight excluding hydrogens is 324 g/mol. The molecule has 0 aliphatic carbocycles. The maximum Gasteiger partial charge on any atom is 0.229 e. The third-order valence-electron chi connectivity index (χ3n) is 3.54. The van der Waals surface area contributed by atoms with Crippen LogP contribution in [0.1, 0.15) is 6.42 Å². The Bertz CT molecular complexity index is 825. The van der Waals surface area contributed by atoms with Crippen LogP contribution in [-0.4, -0.2) is 30.2 Å². The van der Waals surface area contributed by atoms with E-state index in [0.29, 0.717) is 17.6 Å². The van der Waals surface area contributed by atoms with Gasteiger partial charge in [-0.3, -0.25) is 0 Å².